The van der Waals surface area contributed by atoms with Crippen molar-refractivity contribution in [2.24, 2.45) is 28.9 Å². The molecule has 238 valence electrons. The van der Waals surface area contributed by atoms with Crippen LogP contribution in [0.4, 0.5) is 0 Å². The lowest BCUT2D eigenvalue weighted by Gasteiger charge is -2.51. The van der Waals surface area contributed by atoms with Gasteiger partial charge in [-0.15, -0.1) is 0 Å². The fraction of sp³-hybridized carbons (Fsp3) is 0.958. The van der Waals surface area contributed by atoms with Gasteiger partial charge in [0.05, 0.1) is 49.7 Å². The van der Waals surface area contributed by atoms with Crippen molar-refractivity contribution >= 4 is 5.91 Å². The molecule has 17 N–H and O–H groups in total. The van der Waals surface area contributed by atoms with Gasteiger partial charge in [0.25, 0.3) is 5.91 Å². The Hall–Kier alpha value is -1.13. The van der Waals surface area contributed by atoms with E-state index in [1.54, 1.807) is 0 Å². The summed E-state index contributed by atoms with van der Waals surface area (Å²) in [5.74, 6) is -1.66. The van der Waals surface area contributed by atoms with Crippen LogP contribution in [0.2, 0.25) is 0 Å². The number of amides is 1. The molecule has 0 spiro atoms. The van der Waals surface area contributed by atoms with Crippen molar-refractivity contribution in [3.8, 4) is 0 Å². The van der Waals surface area contributed by atoms with Crippen molar-refractivity contribution < 1.29 is 54.8 Å². The number of rotatable bonds is 10. The van der Waals surface area contributed by atoms with Crippen LogP contribution in [-0.2, 0) is 19.0 Å². The maximum Gasteiger partial charge on any atom is 0.253 e. The normalized spacial score (nSPS) is 50.4. The summed E-state index contributed by atoms with van der Waals surface area (Å²) >= 11 is 0. The van der Waals surface area contributed by atoms with Gasteiger partial charge in [-0.1, -0.05) is 0 Å². The van der Waals surface area contributed by atoms with E-state index in [2.05, 4.69) is 10.6 Å². The first kappa shape index (κ1) is 32.8. The molecule has 17 heteroatoms. The third-order valence-electron chi connectivity index (χ3n) is 8.78. The van der Waals surface area contributed by atoms with E-state index in [4.69, 9.17) is 42.3 Å². The summed E-state index contributed by atoms with van der Waals surface area (Å²) < 4.78 is 17.7. The average molecular weight is 595 g/mol. The molecule has 0 bridgehead atoms. The number of aliphatic hydroxyl groups excluding tert-OH is 6. The lowest BCUT2D eigenvalue weighted by Crippen LogP contribution is -2.70. The van der Waals surface area contributed by atoms with Gasteiger partial charge in [0.2, 0.25) is 0 Å². The molecular formula is C24H46N6O11. The molecule has 2 saturated carbocycles. The monoisotopic (exact) mass is 594 g/mol. The van der Waals surface area contributed by atoms with Crippen molar-refractivity contribution in [2.75, 3.05) is 26.3 Å². The van der Waals surface area contributed by atoms with Gasteiger partial charge < -0.3 is 83.5 Å². The van der Waals surface area contributed by atoms with Gasteiger partial charge in [-0.25, -0.2) is 0 Å². The van der Waals surface area contributed by atoms with Gasteiger partial charge in [0, 0.05) is 43.6 Å². The molecule has 2 heterocycles. The van der Waals surface area contributed by atoms with Gasteiger partial charge in [-0.3, -0.25) is 4.79 Å². The topological polar surface area (TPSA) is 315 Å². The van der Waals surface area contributed by atoms with Crippen LogP contribution in [0.15, 0.2) is 0 Å². The van der Waals surface area contributed by atoms with E-state index in [9.17, 15) is 35.4 Å². The van der Waals surface area contributed by atoms with Crippen LogP contribution < -0.4 is 33.6 Å². The highest BCUT2D eigenvalue weighted by atomic mass is 16.7. The maximum absolute atomic E-state index is 12.9. The summed E-state index contributed by atoms with van der Waals surface area (Å²) in [5.41, 5.74) is 22.7. The zero-order valence-corrected chi connectivity index (χ0v) is 22.7. The highest BCUT2D eigenvalue weighted by Crippen LogP contribution is 2.38. The lowest BCUT2D eigenvalue weighted by atomic mass is 9.72. The molecule has 0 aromatic carbocycles. The van der Waals surface area contributed by atoms with Crippen molar-refractivity contribution in [1.29, 1.82) is 0 Å². The van der Waals surface area contributed by atoms with Crippen molar-refractivity contribution in [3.05, 3.63) is 0 Å². The van der Waals surface area contributed by atoms with Gasteiger partial charge >= 0.3 is 0 Å². The largest absolute Gasteiger partial charge is 0.395 e. The number of hydrogen-bond donors (Lipinski definition) is 13. The first-order valence-electron chi connectivity index (χ1n) is 14.0. The maximum atomic E-state index is 12.9. The van der Waals surface area contributed by atoms with Crippen LogP contribution in [0.3, 0.4) is 0 Å². The zero-order chi connectivity index (χ0) is 30.2. The molecular weight excluding hydrogens is 548 g/mol. The molecule has 41 heavy (non-hydrogen) atoms. The van der Waals surface area contributed by atoms with E-state index in [-0.39, 0.29) is 39.0 Å². The summed E-state index contributed by atoms with van der Waals surface area (Å²) in [6, 6.07) is -4.56. The summed E-state index contributed by atoms with van der Waals surface area (Å²) in [7, 11) is 0. The van der Waals surface area contributed by atoms with Crippen LogP contribution in [0.25, 0.3) is 0 Å². The molecule has 2 aliphatic heterocycles. The molecule has 4 aliphatic rings. The van der Waals surface area contributed by atoms with Crippen LogP contribution in [-0.4, -0.2) is 159 Å². The Morgan fingerprint density at radius 3 is 2.24 bits per heavy atom. The van der Waals surface area contributed by atoms with E-state index in [1.807, 2.05) is 0 Å². The molecule has 4 fully saturated rings. The molecule has 1 amide bonds. The SMILES string of the molecule is NC1CC(O)C(CNCCO)OC1C1C(N)CC(NC(=O)C2(O)CC2N)C(OC2OC(CO)C(O)C(N)C2O)C1O. The molecule has 16 atom stereocenters. The Labute approximate surface area is 237 Å². The summed E-state index contributed by atoms with van der Waals surface area (Å²) in [6.45, 7) is -0.272. The minimum absolute atomic E-state index is 0.0208. The smallest absolute Gasteiger partial charge is 0.253 e. The first-order valence-corrected chi connectivity index (χ1v) is 14.0. The minimum atomic E-state index is -1.79. The van der Waals surface area contributed by atoms with E-state index >= 15 is 0 Å². The average Bonchev–Trinajstić information content (AvgIpc) is 3.55. The molecule has 0 radical (unpaired) electrons. The number of carbonyl (C=O) groups is 1. The van der Waals surface area contributed by atoms with E-state index < -0.39 is 109 Å². The van der Waals surface area contributed by atoms with E-state index in [0.717, 1.165) is 0 Å². The highest BCUT2D eigenvalue weighted by Gasteiger charge is 2.59. The fourth-order valence-electron chi connectivity index (χ4n) is 6.10. The molecule has 4 rings (SSSR count). The second-order valence-corrected chi connectivity index (χ2v) is 11.7. The van der Waals surface area contributed by atoms with Crippen molar-refractivity contribution in [2.45, 2.75) is 110 Å². The number of aliphatic hydroxyl groups is 7. The standard InChI is InChI=1S/C24H46N6O11/c25-8-3-10(30-23(37)24(38)5-14(24)27)21(41-22-19(36)16(28)17(34)13(7-32)40-22)18(35)15(8)20-9(26)4-11(33)12(39-20)6-29-1-2-31/h8-22,29,31-36,38H,1-7,25-28H2,(H,30,37). The summed E-state index contributed by atoms with van der Waals surface area (Å²) in [4.78, 5) is 12.9. The highest BCUT2D eigenvalue weighted by molar-refractivity contribution is 5.89. The Morgan fingerprint density at radius 2 is 1.63 bits per heavy atom. The Morgan fingerprint density at radius 1 is 0.951 bits per heavy atom. The third kappa shape index (κ3) is 6.69. The lowest BCUT2D eigenvalue weighted by molar-refractivity contribution is -0.306. The van der Waals surface area contributed by atoms with E-state index in [1.165, 1.54) is 0 Å². The van der Waals surface area contributed by atoms with Crippen molar-refractivity contribution in [1.82, 2.24) is 10.6 Å². The van der Waals surface area contributed by atoms with Gasteiger partial charge in [0.1, 0.15) is 24.4 Å². The second-order valence-electron chi connectivity index (χ2n) is 11.7. The van der Waals surface area contributed by atoms with Crippen molar-refractivity contribution in [3.63, 3.8) is 0 Å². The summed E-state index contributed by atoms with van der Waals surface area (Å²) in [6.07, 6.45) is -10.8. The molecule has 2 aliphatic carbocycles. The number of carbonyl (C=O) groups excluding carboxylic acids is 1. The number of ether oxygens (including phenoxy) is 3. The number of hydrogen-bond acceptors (Lipinski definition) is 16. The van der Waals surface area contributed by atoms with Crippen LogP contribution in [0.1, 0.15) is 19.3 Å². The van der Waals surface area contributed by atoms with Crippen LogP contribution >= 0.6 is 0 Å². The first-order chi connectivity index (χ1) is 19.3. The molecule has 16 unspecified atom stereocenters. The molecule has 0 aromatic rings. The number of nitrogens with one attached hydrogen (secondary N) is 2. The Bertz CT molecular complexity index is 893. The quantitative estimate of drug-likeness (QED) is 0.104. The minimum Gasteiger partial charge on any atom is -0.395 e. The number of nitrogens with two attached hydrogens (primary N) is 4. The van der Waals surface area contributed by atoms with Crippen LogP contribution in [0.5, 0.6) is 0 Å². The van der Waals surface area contributed by atoms with Gasteiger partial charge in [-0.05, 0) is 12.8 Å². The third-order valence-corrected chi connectivity index (χ3v) is 8.78. The predicted molar refractivity (Wildman–Crippen MR) is 139 cm³/mol. The summed E-state index contributed by atoms with van der Waals surface area (Å²) in [5, 5.41) is 77.9. The van der Waals surface area contributed by atoms with Gasteiger partial charge in [-0.2, -0.15) is 0 Å². The van der Waals surface area contributed by atoms with Gasteiger partial charge in [0.15, 0.2) is 11.9 Å². The van der Waals surface area contributed by atoms with Crippen LogP contribution in [0, 0.1) is 5.92 Å². The molecule has 0 aromatic heterocycles. The zero-order valence-electron chi connectivity index (χ0n) is 22.7. The molecule has 17 nitrogen and oxygen atoms in total. The predicted octanol–water partition coefficient (Wildman–Crippen LogP) is -7.78. The Kier molecular flexibility index (Phi) is 10.6. The molecule has 2 saturated heterocycles. The fourth-order valence-corrected chi connectivity index (χ4v) is 6.10. The Balaban J connectivity index is 1.58. The van der Waals surface area contributed by atoms with E-state index in [0.29, 0.717) is 0 Å². The second kappa shape index (κ2) is 13.2.